The van der Waals surface area contributed by atoms with E-state index >= 15 is 0 Å². The van der Waals surface area contributed by atoms with Crippen LogP contribution in [0.1, 0.15) is 18.6 Å². The highest BCUT2D eigenvalue weighted by Crippen LogP contribution is 2.21. The predicted molar refractivity (Wildman–Crippen MR) is 78.8 cm³/mol. The number of hydrogen-bond acceptors (Lipinski definition) is 4. The smallest absolute Gasteiger partial charge is 0.264 e. The average molecular weight is 320 g/mol. The van der Waals surface area contributed by atoms with E-state index in [-0.39, 0.29) is 11.9 Å². The van der Waals surface area contributed by atoms with Crippen molar-refractivity contribution in [2.75, 3.05) is 0 Å². The molecule has 120 valence electrons. The molecule has 2 heterocycles. The van der Waals surface area contributed by atoms with E-state index in [0.29, 0.717) is 12.2 Å². The van der Waals surface area contributed by atoms with Crippen LogP contribution in [0.5, 0.6) is 0 Å². The van der Waals surface area contributed by atoms with Crippen LogP contribution in [0.4, 0.5) is 8.78 Å². The fourth-order valence-electron chi connectivity index (χ4n) is 2.47. The SMILES string of the molecule is CCn1ncc2c(=O)n(CC(O)c3c(F)cccc3F)cnc21. The lowest BCUT2D eigenvalue weighted by Gasteiger charge is -2.14. The van der Waals surface area contributed by atoms with Crippen molar-refractivity contribution in [3.8, 4) is 0 Å². The molecule has 0 aliphatic carbocycles. The molecule has 1 aromatic carbocycles. The van der Waals surface area contributed by atoms with Gasteiger partial charge >= 0.3 is 0 Å². The molecule has 0 saturated carbocycles. The van der Waals surface area contributed by atoms with Crippen molar-refractivity contribution in [3.05, 3.63) is 58.3 Å². The molecule has 3 aromatic rings. The van der Waals surface area contributed by atoms with Crippen molar-refractivity contribution in [2.45, 2.75) is 26.1 Å². The Morgan fingerprint density at radius 3 is 2.65 bits per heavy atom. The highest BCUT2D eigenvalue weighted by atomic mass is 19.1. The molecule has 3 rings (SSSR count). The Bertz CT molecular complexity index is 899. The van der Waals surface area contributed by atoms with Crippen LogP contribution in [0.2, 0.25) is 0 Å². The number of aromatic nitrogens is 4. The molecule has 0 saturated heterocycles. The summed E-state index contributed by atoms with van der Waals surface area (Å²) in [6, 6.07) is 3.31. The summed E-state index contributed by atoms with van der Waals surface area (Å²) in [4.78, 5) is 16.5. The zero-order valence-corrected chi connectivity index (χ0v) is 12.3. The van der Waals surface area contributed by atoms with E-state index in [1.807, 2.05) is 6.92 Å². The number of hydrogen-bond donors (Lipinski definition) is 1. The van der Waals surface area contributed by atoms with Crippen LogP contribution < -0.4 is 5.56 Å². The minimum absolute atomic E-state index is 0.288. The van der Waals surface area contributed by atoms with E-state index in [1.165, 1.54) is 18.6 Å². The molecule has 0 fully saturated rings. The van der Waals surface area contributed by atoms with Gasteiger partial charge in [0.1, 0.15) is 29.5 Å². The van der Waals surface area contributed by atoms with Gasteiger partial charge in [-0.25, -0.2) is 18.4 Å². The van der Waals surface area contributed by atoms with Crippen LogP contribution in [-0.2, 0) is 13.1 Å². The number of halogens is 2. The minimum atomic E-state index is -1.51. The number of nitrogens with zero attached hydrogens (tertiary/aromatic N) is 4. The summed E-state index contributed by atoms with van der Waals surface area (Å²) in [6.45, 7) is 2.12. The monoisotopic (exact) mass is 320 g/mol. The number of aliphatic hydroxyl groups is 1. The fourth-order valence-corrected chi connectivity index (χ4v) is 2.47. The lowest BCUT2D eigenvalue weighted by atomic mass is 10.1. The third-order valence-electron chi connectivity index (χ3n) is 3.62. The van der Waals surface area contributed by atoms with E-state index in [4.69, 9.17) is 0 Å². The van der Waals surface area contributed by atoms with Gasteiger partial charge in [0.05, 0.1) is 18.3 Å². The summed E-state index contributed by atoms with van der Waals surface area (Å²) in [5.41, 5.74) is -0.463. The first-order valence-electron chi connectivity index (χ1n) is 7.05. The molecule has 0 radical (unpaired) electrons. The Kier molecular flexibility index (Phi) is 3.91. The minimum Gasteiger partial charge on any atom is -0.386 e. The second-order valence-corrected chi connectivity index (χ2v) is 5.05. The largest absolute Gasteiger partial charge is 0.386 e. The lowest BCUT2D eigenvalue weighted by Crippen LogP contribution is -2.24. The summed E-state index contributed by atoms with van der Waals surface area (Å²) < 4.78 is 30.1. The first-order chi connectivity index (χ1) is 11.0. The molecule has 2 aromatic heterocycles. The molecule has 1 N–H and O–H groups in total. The third-order valence-corrected chi connectivity index (χ3v) is 3.62. The van der Waals surface area contributed by atoms with Gasteiger partial charge in [-0.05, 0) is 19.1 Å². The van der Waals surface area contributed by atoms with Crippen LogP contribution in [0.25, 0.3) is 11.0 Å². The van der Waals surface area contributed by atoms with Gasteiger partial charge < -0.3 is 5.11 Å². The second kappa shape index (κ2) is 5.88. The third kappa shape index (κ3) is 2.61. The number of aliphatic hydroxyl groups excluding tert-OH is 1. The Morgan fingerprint density at radius 1 is 1.30 bits per heavy atom. The maximum Gasteiger partial charge on any atom is 0.264 e. The van der Waals surface area contributed by atoms with Crippen molar-refractivity contribution >= 4 is 11.0 Å². The van der Waals surface area contributed by atoms with Gasteiger partial charge in [0, 0.05) is 6.54 Å². The number of benzene rings is 1. The highest BCUT2D eigenvalue weighted by molar-refractivity contribution is 5.72. The van der Waals surface area contributed by atoms with Crippen molar-refractivity contribution < 1.29 is 13.9 Å². The summed E-state index contributed by atoms with van der Waals surface area (Å²) >= 11 is 0. The lowest BCUT2D eigenvalue weighted by molar-refractivity contribution is 0.145. The van der Waals surface area contributed by atoms with E-state index < -0.39 is 28.9 Å². The molecule has 0 spiro atoms. The molecular weight excluding hydrogens is 306 g/mol. The first-order valence-corrected chi connectivity index (χ1v) is 7.05. The van der Waals surface area contributed by atoms with Crippen LogP contribution in [-0.4, -0.2) is 24.4 Å². The normalized spacial score (nSPS) is 12.7. The summed E-state index contributed by atoms with van der Waals surface area (Å²) in [7, 11) is 0. The number of fused-ring (bicyclic) bond motifs is 1. The van der Waals surface area contributed by atoms with E-state index in [1.54, 1.807) is 4.68 Å². The molecule has 0 aliphatic rings. The van der Waals surface area contributed by atoms with Gasteiger partial charge in [0.15, 0.2) is 5.65 Å². The topological polar surface area (TPSA) is 72.9 Å². The molecule has 8 heteroatoms. The van der Waals surface area contributed by atoms with Crippen LogP contribution >= 0.6 is 0 Å². The van der Waals surface area contributed by atoms with Crippen LogP contribution in [0.3, 0.4) is 0 Å². The van der Waals surface area contributed by atoms with Gasteiger partial charge in [-0.1, -0.05) is 6.07 Å². The summed E-state index contributed by atoms with van der Waals surface area (Å²) in [5.74, 6) is -1.73. The Hall–Kier alpha value is -2.61. The van der Waals surface area contributed by atoms with Crippen molar-refractivity contribution in [1.82, 2.24) is 19.3 Å². The van der Waals surface area contributed by atoms with Crippen molar-refractivity contribution in [3.63, 3.8) is 0 Å². The standard InChI is InChI=1S/C15H14F2N4O2/c1-2-21-14-9(6-19-21)15(23)20(8-18-14)7-12(22)13-10(16)4-3-5-11(13)17/h3-6,8,12,22H,2,7H2,1H3. The Labute approximate surface area is 129 Å². The van der Waals surface area contributed by atoms with Gasteiger partial charge in [-0.3, -0.25) is 9.36 Å². The second-order valence-electron chi connectivity index (χ2n) is 5.05. The number of rotatable bonds is 4. The van der Waals surface area contributed by atoms with Crippen LogP contribution in [0.15, 0.2) is 35.5 Å². The van der Waals surface area contributed by atoms with Crippen LogP contribution in [0, 0.1) is 11.6 Å². The quantitative estimate of drug-likeness (QED) is 0.793. The molecule has 0 bridgehead atoms. The zero-order valence-electron chi connectivity index (χ0n) is 12.3. The molecule has 6 nitrogen and oxygen atoms in total. The van der Waals surface area contributed by atoms with Crippen molar-refractivity contribution in [2.24, 2.45) is 0 Å². The predicted octanol–water partition coefficient (Wildman–Crippen LogP) is 1.62. The molecular formula is C15H14F2N4O2. The fraction of sp³-hybridized carbons (Fsp3) is 0.267. The van der Waals surface area contributed by atoms with E-state index in [0.717, 1.165) is 16.7 Å². The van der Waals surface area contributed by atoms with E-state index in [2.05, 4.69) is 10.1 Å². The highest BCUT2D eigenvalue weighted by Gasteiger charge is 2.19. The molecule has 23 heavy (non-hydrogen) atoms. The van der Waals surface area contributed by atoms with Gasteiger partial charge in [0.2, 0.25) is 0 Å². The molecule has 0 amide bonds. The Morgan fingerprint density at radius 2 is 2.00 bits per heavy atom. The van der Waals surface area contributed by atoms with Gasteiger partial charge in [-0.2, -0.15) is 5.10 Å². The molecule has 0 aliphatic heterocycles. The molecule has 1 atom stereocenters. The van der Waals surface area contributed by atoms with Crippen molar-refractivity contribution in [1.29, 1.82) is 0 Å². The maximum absolute atomic E-state index is 13.7. The average Bonchev–Trinajstić information content (AvgIpc) is 2.93. The number of aryl methyl sites for hydroxylation is 1. The molecule has 1 unspecified atom stereocenters. The first kappa shape index (κ1) is 15.3. The summed E-state index contributed by atoms with van der Waals surface area (Å²) in [5, 5.41) is 14.4. The van der Waals surface area contributed by atoms with Gasteiger partial charge in [-0.15, -0.1) is 0 Å². The van der Waals surface area contributed by atoms with E-state index in [9.17, 15) is 18.7 Å². The van der Waals surface area contributed by atoms with Gasteiger partial charge in [0.25, 0.3) is 5.56 Å². The maximum atomic E-state index is 13.7. The Balaban J connectivity index is 1.99. The summed E-state index contributed by atoms with van der Waals surface area (Å²) in [6.07, 6.45) is 1.12. The zero-order chi connectivity index (χ0) is 16.6.